The van der Waals surface area contributed by atoms with Crippen LogP contribution in [0.4, 0.5) is 0 Å². The molecule has 30 heavy (non-hydrogen) atoms. The van der Waals surface area contributed by atoms with E-state index >= 15 is 0 Å². The molecule has 0 aliphatic rings. The monoisotopic (exact) mass is 411 g/mol. The SMILES string of the molecule is CCCC[C@@H]([C@H](O)C(=O)OC(C)(C)C)N(Cc1ccccc1)[C@H](C)c1ccccc1. The third-order valence-corrected chi connectivity index (χ3v) is 5.28. The smallest absolute Gasteiger partial charge is 0.337 e. The number of ether oxygens (including phenoxy) is 1. The summed E-state index contributed by atoms with van der Waals surface area (Å²) in [5, 5.41) is 11.1. The molecule has 2 aromatic rings. The van der Waals surface area contributed by atoms with E-state index in [9.17, 15) is 9.90 Å². The van der Waals surface area contributed by atoms with Crippen LogP contribution in [0.2, 0.25) is 0 Å². The Hall–Kier alpha value is -2.17. The summed E-state index contributed by atoms with van der Waals surface area (Å²) >= 11 is 0. The average molecular weight is 412 g/mol. The van der Waals surface area contributed by atoms with Gasteiger partial charge in [0.1, 0.15) is 5.60 Å². The van der Waals surface area contributed by atoms with E-state index in [1.807, 2.05) is 57.2 Å². The van der Waals surface area contributed by atoms with Crippen molar-refractivity contribution in [1.29, 1.82) is 0 Å². The molecule has 0 amide bonds. The summed E-state index contributed by atoms with van der Waals surface area (Å²) in [7, 11) is 0. The van der Waals surface area contributed by atoms with Crippen LogP contribution in [0.5, 0.6) is 0 Å². The number of hydrogen-bond donors (Lipinski definition) is 1. The molecule has 0 radical (unpaired) electrons. The zero-order chi connectivity index (χ0) is 22.1. The minimum Gasteiger partial charge on any atom is -0.458 e. The molecule has 164 valence electrons. The number of hydrogen-bond acceptors (Lipinski definition) is 4. The molecule has 0 aliphatic carbocycles. The average Bonchev–Trinajstić information content (AvgIpc) is 2.72. The first-order valence-corrected chi connectivity index (χ1v) is 11.0. The predicted octanol–water partition coefficient (Wildman–Crippen LogP) is 5.51. The fraction of sp³-hybridized carbons (Fsp3) is 0.500. The van der Waals surface area contributed by atoms with Gasteiger partial charge in [-0.05, 0) is 45.2 Å². The third kappa shape index (κ3) is 7.26. The lowest BCUT2D eigenvalue weighted by Gasteiger charge is -2.39. The highest BCUT2D eigenvalue weighted by Crippen LogP contribution is 2.29. The lowest BCUT2D eigenvalue weighted by atomic mass is 9.96. The molecule has 2 rings (SSSR count). The van der Waals surface area contributed by atoms with Crippen LogP contribution in [0, 0.1) is 0 Å². The molecule has 2 aromatic carbocycles. The second kappa shape index (κ2) is 11.3. The van der Waals surface area contributed by atoms with E-state index in [1.165, 1.54) is 0 Å². The first-order chi connectivity index (χ1) is 14.2. The molecule has 0 heterocycles. The van der Waals surface area contributed by atoms with Crippen molar-refractivity contribution in [2.24, 2.45) is 0 Å². The van der Waals surface area contributed by atoms with Crippen molar-refractivity contribution < 1.29 is 14.6 Å². The van der Waals surface area contributed by atoms with Gasteiger partial charge in [-0.3, -0.25) is 4.90 Å². The quantitative estimate of drug-likeness (QED) is 0.524. The Kier molecular flexibility index (Phi) is 9.07. The number of carbonyl (C=O) groups is 1. The van der Waals surface area contributed by atoms with Crippen LogP contribution in [0.15, 0.2) is 60.7 Å². The van der Waals surface area contributed by atoms with Gasteiger partial charge in [0.15, 0.2) is 6.10 Å². The summed E-state index contributed by atoms with van der Waals surface area (Å²) in [6.45, 7) is 10.4. The fourth-order valence-electron chi connectivity index (χ4n) is 3.70. The number of aliphatic hydroxyl groups is 1. The maximum Gasteiger partial charge on any atom is 0.337 e. The van der Waals surface area contributed by atoms with Crippen molar-refractivity contribution in [2.45, 2.75) is 84.2 Å². The van der Waals surface area contributed by atoms with Crippen LogP contribution in [0.3, 0.4) is 0 Å². The van der Waals surface area contributed by atoms with E-state index < -0.39 is 17.7 Å². The Morgan fingerprint density at radius 3 is 2.13 bits per heavy atom. The van der Waals surface area contributed by atoms with E-state index in [4.69, 9.17) is 4.74 Å². The molecular weight excluding hydrogens is 374 g/mol. The number of rotatable bonds is 10. The zero-order valence-corrected chi connectivity index (χ0v) is 19.0. The number of esters is 1. The van der Waals surface area contributed by atoms with Crippen LogP contribution < -0.4 is 0 Å². The molecule has 4 heteroatoms. The van der Waals surface area contributed by atoms with Gasteiger partial charge in [-0.25, -0.2) is 4.79 Å². The molecule has 0 saturated heterocycles. The van der Waals surface area contributed by atoms with Crippen molar-refractivity contribution in [3.8, 4) is 0 Å². The lowest BCUT2D eigenvalue weighted by Crippen LogP contribution is -2.49. The van der Waals surface area contributed by atoms with Crippen molar-refractivity contribution in [2.75, 3.05) is 0 Å². The summed E-state index contributed by atoms with van der Waals surface area (Å²) in [4.78, 5) is 15.0. The minimum absolute atomic E-state index is 0.0327. The largest absolute Gasteiger partial charge is 0.458 e. The summed E-state index contributed by atoms with van der Waals surface area (Å²) in [6, 6.07) is 20.1. The molecule has 0 spiro atoms. The molecule has 0 fully saturated rings. The first-order valence-electron chi connectivity index (χ1n) is 11.0. The van der Waals surface area contributed by atoms with Crippen LogP contribution in [0.25, 0.3) is 0 Å². The Morgan fingerprint density at radius 1 is 1.03 bits per heavy atom. The number of aliphatic hydroxyl groups excluding tert-OH is 1. The van der Waals surface area contributed by atoms with Gasteiger partial charge in [0.25, 0.3) is 0 Å². The van der Waals surface area contributed by atoms with Crippen molar-refractivity contribution in [3.63, 3.8) is 0 Å². The van der Waals surface area contributed by atoms with Crippen molar-refractivity contribution in [3.05, 3.63) is 71.8 Å². The molecule has 0 aromatic heterocycles. The molecule has 4 nitrogen and oxygen atoms in total. The Balaban J connectivity index is 2.38. The first kappa shape index (κ1) is 24.1. The van der Waals surface area contributed by atoms with Gasteiger partial charge >= 0.3 is 5.97 Å². The second-order valence-corrected chi connectivity index (χ2v) is 8.93. The maximum absolute atomic E-state index is 12.8. The lowest BCUT2D eigenvalue weighted by molar-refractivity contribution is -0.170. The van der Waals surface area contributed by atoms with Gasteiger partial charge in [0, 0.05) is 18.6 Å². The highest BCUT2D eigenvalue weighted by Gasteiger charge is 2.36. The molecular formula is C26H37NO3. The Labute approximate surface area is 181 Å². The summed E-state index contributed by atoms with van der Waals surface area (Å²) in [5.74, 6) is -0.554. The predicted molar refractivity (Wildman–Crippen MR) is 122 cm³/mol. The van der Waals surface area contributed by atoms with Gasteiger partial charge in [0.05, 0.1) is 0 Å². The molecule has 0 aliphatic heterocycles. The van der Waals surface area contributed by atoms with Crippen LogP contribution in [0.1, 0.15) is 71.0 Å². The van der Waals surface area contributed by atoms with Crippen molar-refractivity contribution >= 4 is 5.97 Å². The number of unbranched alkanes of at least 4 members (excludes halogenated alkanes) is 1. The topological polar surface area (TPSA) is 49.8 Å². The highest BCUT2D eigenvalue weighted by atomic mass is 16.6. The molecule has 0 unspecified atom stereocenters. The summed E-state index contributed by atoms with van der Waals surface area (Å²) in [5.41, 5.74) is 1.67. The molecule has 0 bridgehead atoms. The highest BCUT2D eigenvalue weighted by molar-refractivity contribution is 5.75. The summed E-state index contributed by atoms with van der Waals surface area (Å²) < 4.78 is 5.53. The van der Waals surface area contributed by atoms with Gasteiger partial charge in [0.2, 0.25) is 0 Å². The normalized spacial score (nSPS) is 14.9. The van der Waals surface area contributed by atoms with E-state index in [0.717, 1.165) is 30.4 Å². The van der Waals surface area contributed by atoms with Gasteiger partial charge < -0.3 is 9.84 Å². The van der Waals surface area contributed by atoms with E-state index in [2.05, 4.69) is 43.0 Å². The van der Waals surface area contributed by atoms with Crippen molar-refractivity contribution in [1.82, 2.24) is 4.90 Å². The van der Waals surface area contributed by atoms with Gasteiger partial charge in [-0.1, -0.05) is 80.4 Å². The van der Waals surface area contributed by atoms with Gasteiger partial charge in [-0.2, -0.15) is 0 Å². The van der Waals surface area contributed by atoms with E-state index in [1.54, 1.807) is 0 Å². The Morgan fingerprint density at radius 2 is 1.60 bits per heavy atom. The maximum atomic E-state index is 12.8. The fourth-order valence-corrected chi connectivity index (χ4v) is 3.70. The van der Waals surface area contributed by atoms with E-state index in [-0.39, 0.29) is 12.1 Å². The van der Waals surface area contributed by atoms with E-state index in [0.29, 0.717) is 6.54 Å². The number of nitrogens with zero attached hydrogens (tertiary/aromatic N) is 1. The Bertz CT molecular complexity index is 755. The summed E-state index contributed by atoms with van der Waals surface area (Å²) in [6.07, 6.45) is 1.44. The molecule has 1 N–H and O–H groups in total. The molecule has 0 saturated carbocycles. The standard InChI is InChI=1S/C26H37NO3/c1-6-7-18-23(24(28)25(29)30-26(3,4)5)27(19-21-14-10-8-11-15-21)20(2)22-16-12-9-13-17-22/h8-17,20,23-24,28H,6-7,18-19H2,1-5H3/t20-,23+,24+/m1/s1. The second-order valence-electron chi connectivity index (χ2n) is 8.93. The number of benzene rings is 2. The van der Waals surface area contributed by atoms with Crippen LogP contribution in [-0.2, 0) is 16.1 Å². The zero-order valence-electron chi connectivity index (χ0n) is 19.0. The third-order valence-electron chi connectivity index (χ3n) is 5.28. The van der Waals surface area contributed by atoms with Gasteiger partial charge in [-0.15, -0.1) is 0 Å². The number of carbonyl (C=O) groups excluding carboxylic acids is 1. The van der Waals surface area contributed by atoms with Crippen LogP contribution >= 0.6 is 0 Å². The minimum atomic E-state index is -1.20. The van der Waals surface area contributed by atoms with Crippen LogP contribution in [-0.4, -0.2) is 33.7 Å². The molecule has 3 atom stereocenters.